The molecule has 0 spiro atoms. The van der Waals surface area contributed by atoms with E-state index in [1.54, 1.807) is 7.05 Å². The summed E-state index contributed by atoms with van der Waals surface area (Å²) in [6.45, 7) is 1.60. The van der Waals surface area contributed by atoms with Gasteiger partial charge < -0.3 is 15.3 Å². The number of aliphatic imine (C=N–C) groups is 1. The molecule has 0 fully saturated rings. The molecule has 1 aliphatic rings. The Hall–Kier alpha value is -1.55. The van der Waals surface area contributed by atoms with Gasteiger partial charge >= 0.3 is 0 Å². The second kappa shape index (κ2) is 4.99. The van der Waals surface area contributed by atoms with E-state index in [2.05, 4.69) is 33.4 Å². The van der Waals surface area contributed by atoms with Crippen LogP contribution < -0.4 is 10.2 Å². The maximum Gasteiger partial charge on any atom is 0.198 e. The number of benzene rings is 1. The zero-order valence-corrected chi connectivity index (χ0v) is 9.48. The van der Waals surface area contributed by atoms with Crippen LogP contribution in [0.3, 0.4) is 0 Å². The van der Waals surface area contributed by atoms with Crippen LogP contribution >= 0.6 is 0 Å². The van der Waals surface area contributed by atoms with Crippen LogP contribution in [0.5, 0.6) is 0 Å². The van der Waals surface area contributed by atoms with Gasteiger partial charge in [0.15, 0.2) is 5.96 Å². The molecule has 0 amide bonds. The van der Waals surface area contributed by atoms with Gasteiger partial charge in [0.05, 0.1) is 6.61 Å². The lowest BCUT2D eigenvalue weighted by atomic mass is 10.2. The number of nitrogens with one attached hydrogen (secondary N) is 1. The molecule has 4 nitrogen and oxygen atoms in total. The van der Waals surface area contributed by atoms with Gasteiger partial charge in [0.25, 0.3) is 0 Å². The van der Waals surface area contributed by atoms with Crippen LogP contribution in [0.2, 0.25) is 0 Å². The molecule has 2 rings (SSSR count). The fraction of sp³-hybridized carbons (Fsp3) is 0.417. The predicted octanol–water partition coefficient (Wildman–Crippen LogP) is 0.617. The Balaban J connectivity index is 2.17. The highest BCUT2D eigenvalue weighted by atomic mass is 16.3. The Morgan fingerprint density at radius 2 is 2.31 bits per heavy atom. The third-order valence-electron chi connectivity index (χ3n) is 2.75. The lowest BCUT2D eigenvalue weighted by molar-refractivity contribution is 0.300. The van der Waals surface area contributed by atoms with Crippen molar-refractivity contribution in [1.29, 1.82) is 0 Å². The first-order chi connectivity index (χ1) is 7.86. The fourth-order valence-electron chi connectivity index (χ4n) is 2.02. The van der Waals surface area contributed by atoms with Gasteiger partial charge in [-0.15, -0.1) is 0 Å². The maximum absolute atomic E-state index is 8.81. The van der Waals surface area contributed by atoms with Crippen LogP contribution in [-0.4, -0.2) is 37.8 Å². The highest BCUT2D eigenvalue weighted by Crippen LogP contribution is 2.27. The highest BCUT2D eigenvalue weighted by Gasteiger charge is 2.21. The molecule has 1 aromatic rings. The molecule has 1 aliphatic heterocycles. The minimum atomic E-state index is 0.120. The van der Waals surface area contributed by atoms with E-state index >= 15 is 0 Å². The predicted molar refractivity (Wildman–Crippen MR) is 65.9 cm³/mol. The smallest absolute Gasteiger partial charge is 0.198 e. The number of aliphatic hydroxyl groups excluding tert-OH is 1. The number of anilines is 1. The quantitative estimate of drug-likeness (QED) is 0.566. The monoisotopic (exact) mass is 219 g/mol. The Labute approximate surface area is 95.6 Å². The van der Waals surface area contributed by atoms with E-state index in [1.807, 2.05) is 6.07 Å². The average molecular weight is 219 g/mol. The summed E-state index contributed by atoms with van der Waals surface area (Å²) in [7, 11) is 1.76. The van der Waals surface area contributed by atoms with Crippen LogP contribution in [0.25, 0.3) is 0 Å². The molecule has 0 aromatic heterocycles. The molecule has 1 heterocycles. The van der Waals surface area contributed by atoms with Crippen molar-refractivity contribution in [2.24, 2.45) is 4.99 Å². The van der Waals surface area contributed by atoms with Crippen molar-refractivity contribution in [3.63, 3.8) is 0 Å². The van der Waals surface area contributed by atoms with E-state index < -0.39 is 0 Å². The van der Waals surface area contributed by atoms with E-state index in [4.69, 9.17) is 5.11 Å². The summed E-state index contributed by atoms with van der Waals surface area (Å²) in [6, 6.07) is 8.35. The Morgan fingerprint density at radius 3 is 3.06 bits per heavy atom. The molecule has 16 heavy (non-hydrogen) atoms. The Bertz CT molecular complexity index is 390. The van der Waals surface area contributed by atoms with Gasteiger partial charge in [-0.2, -0.15) is 0 Å². The summed E-state index contributed by atoms with van der Waals surface area (Å²) in [5, 5.41) is 11.9. The zero-order chi connectivity index (χ0) is 11.4. The van der Waals surface area contributed by atoms with Gasteiger partial charge in [-0.1, -0.05) is 18.2 Å². The van der Waals surface area contributed by atoms with Crippen LogP contribution in [0, 0.1) is 0 Å². The molecule has 0 saturated carbocycles. The molecule has 86 valence electrons. The summed E-state index contributed by atoms with van der Waals surface area (Å²) < 4.78 is 0. The van der Waals surface area contributed by atoms with E-state index in [1.165, 1.54) is 11.3 Å². The summed E-state index contributed by atoms with van der Waals surface area (Å²) in [5.41, 5.74) is 2.57. The van der Waals surface area contributed by atoms with Crippen molar-refractivity contribution >= 4 is 11.6 Å². The molecule has 2 N–H and O–H groups in total. The molecule has 1 aromatic carbocycles. The number of hydrogen-bond donors (Lipinski definition) is 2. The lowest BCUT2D eigenvalue weighted by Gasteiger charge is -2.21. The van der Waals surface area contributed by atoms with Crippen molar-refractivity contribution in [3.8, 4) is 0 Å². The van der Waals surface area contributed by atoms with E-state index in [9.17, 15) is 0 Å². The van der Waals surface area contributed by atoms with Gasteiger partial charge in [-0.25, -0.2) is 0 Å². The third-order valence-corrected chi connectivity index (χ3v) is 2.75. The van der Waals surface area contributed by atoms with Gasteiger partial charge in [0, 0.05) is 25.8 Å². The third kappa shape index (κ3) is 2.02. The van der Waals surface area contributed by atoms with Crippen molar-refractivity contribution in [1.82, 2.24) is 5.32 Å². The summed E-state index contributed by atoms with van der Waals surface area (Å²) in [5.74, 6) is 0.832. The largest absolute Gasteiger partial charge is 0.395 e. The summed E-state index contributed by atoms with van der Waals surface area (Å²) >= 11 is 0. The summed E-state index contributed by atoms with van der Waals surface area (Å²) in [4.78, 5) is 6.38. The zero-order valence-electron chi connectivity index (χ0n) is 9.48. The molecule has 0 radical (unpaired) electrons. The number of para-hydroxylation sites is 1. The first kappa shape index (κ1) is 11.0. The maximum atomic E-state index is 8.81. The number of rotatable bonds is 2. The van der Waals surface area contributed by atoms with Crippen LogP contribution in [0.15, 0.2) is 29.3 Å². The van der Waals surface area contributed by atoms with Gasteiger partial charge in [-0.05, 0) is 18.1 Å². The van der Waals surface area contributed by atoms with Crippen molar-refractivity contribution in [2.75, 3.05) is 31.6 Å². The summed E-state index contributed by atoms with van der Waals surface area (Å²) in [6.07, 6.45) is 1.05. The number of fused-ring (bicyclic) bond motifs is 1. The molecule has 0 bridgehead atoms. The number of aliphatic hydroxyl groups is 1. The number of guanidine groups is 1. The fourth-order valence-corrected chi connectivity index (χ4v) is 2.02. The SMILES string of the molecule is CN=C(NCCO)N1CCc2ccccc21. The Morgan fingerprint density at radius 1 is 1.50 bits per heavy atom. The van der Waals surface area contributed by atoms with Crippen LogP contribution in [0.4, 0.5) is 5.69 Å². The second-order valence-corrected chi connectivity index (χ2v) is 3.73. The topological polar surface area (TPSA) is 47.9 Å². The first-order valence-electron chi connectivity index (χ1n) is 5.53. The standard InChI is InChI=1S/C12H17N3O/c1-13-12(14-7-9-16)15-8-6-10-4-2-3-5-11(10)15/h2-5,16H,6-9H2,1H3,(H,13,14). The molecular formula is C12H17N3O. The molecule has 0 saturated heterocycles. The van der Waals surface area contributed by atoms with Gasteiger partial charge in [0.2, 0.25) is 0 Å². The van der Waals surface area contributed by atoms with E-state index in [0.717, 1.165) is 18.9 Å². The van der Waals surface area contributed by atoms with Crippen molar-refractivity contribution in [3.05, 3.63) is 29.8 Å². The Kier molecular flexibility index (Phi) is 3.41. The first-order valence-corrected chi connectivity index (χ1v) is 5.53. The average Bonchev–Trinajstić information content (AvgIpc) is 2.75. The van der Waals surface area contributed by atoms with E-state index in [-0.39, 0.29) is 6.61 Å². The molecule has 0 atom stereocenters. The van der Waals surface area contributed by atoms with Crippen LogP contribution in [-0.2, 0) is 6.42 Å². The second-order valence-electron chi connectivity index (χ2n) is 3.73. The van der Waals surface area contributed by atoms with E-state index in [0.29, 0.717) is 6.54 Å². The van der Waals surface area contributed by atoms with Crippen molar-refractivity contribution in [2.45, 2.75) is 6.42 Å². The minimum absolute atomic E-state index is 0.120. The lowest BCUT2D eigenvalue weighted by Crippen LogP contribution is -2.41. The van der Waals surface area contributed by atoms with Crippen molar-refractivity contribution < 1.29 is 5.11 Å². The molecular weight excluding hydrogens is 202 g/mol. The number of hydrogen-bond acceptors (Lipinski definition) is 2. The number of nitrogens with zero attached hydrogens (tertiary/aromatic N) is 2. The molecule has 4 heteroatoms. The normalized spacial score (nSPS) is 15.1. The van der Waals surface area contributed by atoms with Crippen LogP contribution in [0.1, 0.15) is 5.56 Å². The highest BCUT2D eigenvalue weighted by molar-refractivity contribution is 5.97. The minimum Gasteiger partial charge on any atom is -0.395 e. The molecule has 0 aliphatic carbocycles. The molecule has 0 unspecified atom stereocenters. The van der Waals surface area contributed by atoms with Gasteiger partial charge in [-0.3, -0.25) is 4.99 Å². The van der Waals surface area contributed by atoms with Gasteiger partial charge in [0.1, 0.15) is 0 Å².